The number of aromatic amines is 1. The highest BCUT2D eigenvalue weighted by molar-refractivity contribution is 6.03. The number of piperidine rings is 1. The van der Waals surface area contributed by atoms with Crippen LogP contribution in [0.3, 0.4) is 0 Å². The standard InChI is InChI=1S/C17H18N4O2/c22-17(12-5-8-23-10-12)21-15-2-1-14-16(20-15)13(9-19-14)11-3-6-18-7-4-11/h1-2,5,8-11,18-19H,3-4,6-7H2,(H,20,21,22). The van der Waals surface area contributed by atoms with Gasteiger partial charge in [0, 0.05) is 6.20 Å². The molecule has 0 bridgehead atoms. The molecule has 0 saturated carbocycles. The molecular weight excluding hydrogens is 292 g/mol. The van der Waals surface area contributed by atoms with Crippen molar-refractivity contribution in [3.63, 3.8) is 0 Å². The van der Waals surface area contributed by atoms with Crippen molar-refractivity contribution in [2.75, 3.05) is 18.4 Å². The lowest BCUT2D eigenvalue weighted by atomic mass is 9.91. The average molecular weight is 310 g/mol. The van der Waals surface area contributed by atoms with Gasteiger partial charge in [-0.3, -0.25) is 4.79 Å². The van der Waals surface area contributed by atoms with Crippen LogP contribution in [-0.4, -0.2) is 29.0 Å². The molecular formula is C17H18N4O2. The molecule has 0 atom stereocenters. The number of carbonyl (C=O) groups excluding carboxylic acids is 1. The van der Waals surface area contributed by atoms with Gasteiger partial charge in [-0.1, -0.05) is 0 Å². The predicted octanol–water partition coefficient (Wildman–Crippen LogP) is 2.88. The highest BCUT2D eigenvalue weighted by Crippen LogP contribution is 2.31. The first-order valence-electron chi connectivity index (χ1n) is 7.83. The number of amides is 1. The van der Waals surface area contributed by atoms with Crippen LogP contribution in [0.2, 0.25) is 0 Å². The van der Waals surface area contributed by atoms with Crippen molar-refractivity contribution in [3.8, 4) is 0 Å². The Morgan fingerprint density at radius 3 is 2.91 bits per heavy atom. The van der Waals surface area contributed by atoms with Crippen molar-refractivity contribution in [1.82, 2.24) is 15.3 Å². The van der Waals surface area contributed by atoms with E-state index in [2.05, 4.69) is 26.8 Å². The summed E-state index contributed by atoms with van der Waals surface area (Å²) >= 11 is 0. The van der Waals surface area contributed by atoms with Gasteiger partial charge in [0.2, 0.25) is 0 Å². The van der Waals surface area contributed by atoms with E-state index >= 15 is 0 Å². The van der Waals surface area contributed by atoms with Crippen molar-refractivity contribution in [2.45, 2.75) is 18.8 Å². The molecule has 0 unspecified atom stereocenters. The lowest BCUT2D eigenvalue weighted by molar-refractivity contribution is 0.102. The van der Waals surface area contributed by atoms with E-state index < -0.39 is 0 Å². The molecule has 6 nitrogen and oxygen atoms in total. The molecule has 0 aliphatic carbocycles. The Balaban J connectivity index is 1.62. The van der Waals surface area contributed by atoms with Crippen LogP contribution in [0.4, 0.5) is 5.82 Å². The number of aromatic nitrogens is 2. The molecule has 0 radical (unpaired) electrons. The van der Waals surface area contributed by atoms with Crippen molar-refractivity contribution < 1.29 is 9.21 Å². The highest BCUT2D eigenvalue weighted by Gasteiger charge is 2.19. The largest absolute Gasteiger partial charge is 0.472 e. The molecule has 118 valence electrons. The Morgan fingerprint density at radius 2 is 2.13 bits per heavy atom. The zero-order valence-electron chi connectivity index (χ0n) is 12.6. The molecule has 0 spiro atoms. The fraction of sp³-hybridized carbons (Fsp3) is 0.294. The van der Waals surface area contributed by atoms with Crippen LogP contribution >= 0.6 is 0 Å². The number of furan rings is 1. The number of fused-ring (bicyclic) bond motifs is 1. The summed E-state index contributed by atoms with van der Waals surface area (Å²) in [4.78, 5) is 20.0. The highest BCUT2D eigenvalue weighted by atomic mass is 16.3. The summed E-state index contributed by atoms with van der Waals surface area (Å²) in [6, 6.07) is 5.39. The second-order valence-corrected chi connectivity index (χ2v) is 5.83. The van der Waals surface area contributed by atoms with Gasteiger partial charge in [0.05, 0.1) is 22.9 Å². The smallest absolute Gasteiger partial charge is 0.260 e. The van der Waals surface area contributed by atoms with E-state index in [1.54, 1.807) is 6.07 Å². The lowest BCUT2D eigenvalue weighted by Gasteiger charge is -2.21. The molecule has 1 aliphatic heterocycles. The molecule has 1 saturated heterocycles. The summed E-state index contributed by atoms with van der Waals surface area (Å²) in [7, 11) is 0. The minimum Gasteiger partial charge on any atom is -0.472 e. The van der Waals surface area contributed by atoms with Gasteiger partial charge in [0.1, 0.15) is 12.1 Å². The van der Waals surface area contributed by atoms with Gasteiger partial charge in [-0.2, -0.15) is 0 Å². The van der Waals surface area contributed by atoms with Gasteiger partial charge in [-0.15, -0.1) is 0 Å². The van der Waals surface area contributed by atoms with E-state index in [4.69, 9.17) is 4.42 Å². The maximum Gasteiger partial charge on any atom is 0.260 e. The zero-order chi connectivity index (χ0) is 15.6. The minimum atomic E-state index is -0.218. The van der Waals surface area contributed by atoms with Crippen molar-refractivity contribution >= 4 is 22.8 Å². The van der Waals surface area contributed by atoms with E-state index in [0.29, 0.717) is 17.3 Å². The van der Waals surface area contributed by atoms with E-state index in [0.717, 1.165) is 37.0 Å². The van der Waals surface area contributed by atoms with Crippen LogP contribution in [0.25, 0.3) is 11.0 Å². The quantitative estimate of drug-likeness (QED) is 0.694. The number of H-pyrrole nitrogens is 1. The van der Waals surface area contributed by atoms with Crippen LogP contribution in [0, 0.1) is 0 Å². The van der Waals surface area contributed by atoms with Crippen LogP contribution in [0.15, 0.2) is 41.3 Å². The zero-order valence-corrected chi connectivity index (χ0v) is 12.6. The number of nitrogens with zero attached hydrogens (tertiary/aromatic N) is 1. The second-order valence-electron chi connectivity index (χ2n) is 5.83. The van der Waals surface area contributed by atoms with E-state index in [-0.39, 0.29) is 5.91 Å². The van der Waals surface area contributed by atoms with Crippen molar-refractivity contribution in [1.29, 1.82) is 0 Å². The molecule has 3 aromatic heterocycles. The summed E-state index contributed by atoms with van der Waals surface area (Å²) < 4.78 is 4.94. The van der Waals surface area contributed by atoms with Crippen LogP contribution < -0.4 is 10.6 Å². The van der Waals surface area contributed by atoms with Crippen molar-refractivity contribution in [2.24, 2.45) is 0 Å². The SMILES string of the molecule is O=C(Nc1ccc2[nH]cc(C3CCNCC3)c2n1)c1ccoc1. The fourth-order valence-electron chi connectivity index (χ4n) is 3.12. The Morgan fingerprint density at radius 1 is 1.26 bits per heavy atom. The van der Waals surface area contributed by atoms with Gasteiger partial charge >= 0.3 is 0 Å². The first-order valence-corrected chi connectivity index (χ1v) is 7.83. The fourth-order valence-corrected chi connectivity index (χ4v) is 3.12. The summed E-state index contributed by atoms with van der Waals surface area (Å²) in [6.45, 7) is 2.07. The third-order valence-corrected chi connectivity index (χ3v) is 4.36. The van der Waals surface area contributed by atoms with Gasteiger partial charge in [0.15, 0.2) is 0 Å². The monoisotopic (exact) mass is 310 g/mol. The number of carbonyl (C=O) groups is 1. The summed E-state index contributed by atoms with van der Waals surface area (Å²) in [5, 5.41) is 6.20. The Labute approximate surface area is 133 Å². The Kier molecular flexibility index (Phi) is 3.59. The number of hydrogen-bond acceptors (Lipinski definition) is 4. The first-order chi connectivity index (χ1) is 11.3. The lowest BCUT2D eigenvalue weighted by Crippen LogP contribution is -2.26. The Bertz CT molecular complexity index is 816. The molecule has 4 rings (SSSR count). The number of pyridine rings is 1. The van der Waals surface area contributed by atoms with Gasteiger partial charge in [0.25, 0.3) is 5.91 Å². The normalized spacial score (nSPS) is 15.8. The molecule has 1 amide bonds. The molecule has 23 heavy (non-hydrogen) atoms. The van der Waals surface area contributed by atoms with Gasteiger partial charge < -0.3 is 20.0 Å². The molecule has 3 aromatic rings. The van der Waals surface area contributed by atoms with Crippen LogP contribution in [0.1, 0.15) is 34.7 Å². The molecule has 6 heteroatoms. The maximum atomic E-state index is 12.1. The van der Waals surface area contributed by atoms with Crippen LogP contribution in [0.5, 0.6) is 0 Å². The summed E-state index contributed by atoms with van der Waals surface area (Å²) in [5.41, 5.74) is 3.67. The average Bonchev–Trinajstić information content (AvgIpc) is 3.25. The molecule has 1 fully saturated rings. The minimum absolute atomic E-state index is 0.218. The molecule has 1 aliphatic rings. The maximum absolute atomic E-state index is 12.1. The molecule has 4 heterocycles. The number of hydrogen-bond donors (Lipinski definition) is 3. The molecule has 3 N–H and O–H groups in total. The van der Waals surface area contributed by atoms with Crippen LogP contribution in [-0.2, 0) is 0 Å². The number of rotatable bonds is 3. The van der Waals surface area contributed by atoms with Gasteiger partial charge in [-0.25, -0.2) is 4.98 Å². The summed E-state index contributed by atoms with van der Waals surface area (Å²) in [5.74, 6) is 0.848. The van der Waals surface area contributed by atoms with Crippen molar-refractivity contribution in [3.05, 3.63) is 48.0 Å². The van der Waals surface area contributed by atoms with Gasteiger partial charge in [-0.05, 0) is 55.6 Å². The van der Waals surface area contributed by atoms with E-state index in [1.807, 2.05) is 12.1 Å². The van der Waals surface area contributed by atoms with E-state index in [1.165, 1.54) is 18.1 Å². The third kappa shape index (κ3) is 2.73. The predicted molar refractivity (Wildman–Crippen MR) is 87.6 cm³/mol. The Hall–Kier alpha value is -2.60. The summed E-state index contributed by atoms with van der Waals surface area (Å²) in [6.07, 6.45) is 7.17. The number of anilines is 1. The van der Waals surface area contributed by atoms with E-state index in [9.17, 15) is 4.79 Å². The number of nitrogens with one attached hydrogen (secondary N) is 3. The topological polar surface area (TPSA) is 83.0 Å². The second kappa shape index (κ2) is 5.89. The third-order valence-electron chi connectivity index (χ3n) is 4.36. The molecule has 0 aromatic carbocycles. The first kappa shape index (κ1) is 14.0.